The SMILES string of the molecule is COc1ccc(C)cc1NC(=O)C(OC(=O)CC1Oc2ccccc2NC1=O)c1ccccc1. The normalized spacial score (nSPS) is 15.2. The molecular formula is C26H24N2O6. The fourth-order valence-electron chi connectivity index (χ4n) is 3.58. The van der Waals surface area contributed by atoms with E-state index in [2.05, 4.69) is 10.6 Å². The van der Waals surface area contributed by atoms with Crippen LogP contribution in [0, 0.1) is 6.92 Å². The average molecular weight is 460 g/mol. The van der Waals surface area contributed by atoms with Crippen molar-refractivity contribution in [3.8, 4) is 11.5 Å². The number of rotatable bonds is 7. The molecule has 0 bridgehead atoms. The lowest BCUT2D eigenvalue weighted by atomic mass is 10.1. The minimum atomic E-state index is -1.24. The minimum Gasteiger partial charge on any atom is -0.495 e. The number of methoxy groups -OCH3 is 1. The van der Waals surface area contributed by atoms with Crippen molar-refractivity contribution in [3.63, 3.8) is 0 Å². The van der Waals surface area contributed by atoms with E-state index < -0.39 is 30.0 Å². The molecule has 2 atom stereocenters. The Kier molecular flexibility index (Phi) is 6.77. The molecule has 1 aliphatic heterocycles. The van der Waals surface area contributed by atoms with E-state index in [1.807, 2.05) is 13.0 Å². The molecule has 3 aromatic carbocycles. The van der Waals surface area contributed by atoms with E-state index in [0.717, 1.165) is 5.56 Å². The Morgan fingerprint density at radius 1 is 1.06 bits per heavy atom. The maximum atomic E-state index is 13.2. The lowest BCUT2D eigenvalue weighted by molar-refractivity contribution is -0.157. The topological polar surface area (TPSA) is 103 Å². The minimum absolute atomic E-state index is 0.357. The molecule has 0 fully saturated rings. The molecule has 34 heavy (non-hydrogen) atoms. The van der Waals surface area contributed by atoms with E-state index >= 15 is 0 Å². The van der Waals surface area contributed by atoms with Crippen LogP contribution in [0.1, 0.15) is 23.7 Å². The Labute approximate surface area is 196 Å². The van der Waals surface area contributed by atoms with Crippen molar-refractivity contribution in [2.24, 2.45) is 0 Å². The van der Waals surface area contributed by atoms with Crippen molar-refractivity contribution in [1.82, 2.24) is 0 Å². The zero-order valence-electron chi connectivity index (χ0n) is 18.7. The molecule has 0 aliphatic carbocycles. The monoisotopic (exact) mass is 460 g/mol. The molecule has 174 valence electrons. The van der Waals surface area contributed by atoms with Gasteiger partial charge in [0, 0.05) is 5.56 Å². The number of nitrogens with one attached hydrogen (secondary N) is 2. The summed E-state index contributed by atoms with van der Waals surface area (Å²) in [5.41, 5.74) is 2.39. The van der Waals surface area contributed by atoms with Crippen molar-refractivity contribution in [2.75, 3.05) is 17.7 Å². The molecule has 3 aromatic rings. The summed E-state index contributed by atoms with van der Waals surface area (Å²) in [6.45, 7) is 1.89. The van der Waals surface area contributed by atoms with Crippen LogP contribution in [0.4, 0.5) is 11.4 Å². The zero-order valence-corrected chi connectivity index (χ0v) is 18.7. The van der Waals surface area contributed by atoms with Gasteiger partial charge in [0.2, 0.25) is 6.10 Å². The fourth-order valence-corrected chi connectivity index (χ4v) is 3.58. The molecule has 2 N–H and O–H groups in total. The van der Waals surface area contributed by atoms with Gasteiger partial charge in [-0.1, -0.05) is 48.5 Å². The van der Waals surface area contributed by atoms with Gasteiger partial charge in [0.15, 0.2) is 6.10 Å². The molecule has 0 saturated carbocycles. The molecule has 4 rings (SSSR count). The van der Waals surface area contributed by atoms with Crippen LogP contribution < -0.4 is 20.1 Å². The Morgan fingerprint density at radius 3 is 2.56 bits per heavy atom. The first-order chi connectivity index (χ1) is 16.4. The predicted molar refractivity (Wildman–Crippen MR) is 126 cm³/mol. The molecule has 8 nitrogen and oxygen atoms in total. The first kappa shape index (κ1) is 22.8. The van der Waals surface area contributed by atoms with Crippen LogP contribution in [-0.4, -0.2) is 31.0 Å². The molecule has 0 aromatic heterocycles. The Balaban J connectivity index is 1.51. The summed E-state index contributed by atoms with van der Waals surface area (Å²) in [6, 6.07) is 20.9. The fraction of sp³-hybridized carbons (Fsp3) is 0.192. The second-order valence-corrected chi connectivity index (χ2v) is 7.77. The smallest absolute Gasteiger partial charge is 0.311 e. The first-order valence-electron chi connectivity index (χ1n) is 10.7. The van der Waals surface area contributed by atoms with Crippen molar-refractivity contribution in [1.29, 1.82) is 0 Å². The van der Waals surface area contributed by atoms with Gasteiger partial charge in [-0.2, -0.15) is 0 Å². The van der Waals surface area contributed by atoms with Gasteiger partial charge in [-0.3, -0.25) is 14.4 Å². The number of amides is 2. The van der Waals surface area contributed by atoms with E-state index in [-0.39, 0.29) is 6.42 Å². The number of carbonyl (C=O) groups is 3. The van der Waals surface area contributed by atoms with Crippen LogP contribution in [0.3, 0.4) is 0 Å². The van der Waals surface area contributed by atoms with E-state index in [9.17, 15) is 14.4 Å². The zero-order chi connectivity index (χ0) is 24.1. The molecule has 1 aliphatic rings. The number of anilines is 2. The van der Waals surface area contributed by atoms with Crippen LogP contribution >= 0.6 is 0 Å². The third kappa shape index (κ3) is 5.17. The van der Waals surface area contributed by atoms with E-state index in [1.54, 1.807) is 66.7 Å². The summed E-state index contributed by atoms with van der Waals surface area (Å²) in [4.78, 5) is 38.4. The quantitative estimate of drug-likeness (QED) is 0.517. The van der Waals surface area contributed by atoms with E-state index in [1.165, 1.54) is 7.11 Å². The second kappa shape index (κ2) is 10.1. The highest BCUT2D eigenvalue weighted by Crippen LogP contribution is 2.31. The van der Waals surface area contributed by atoms with Crippen LogP contribution in [0.25, 0.3) is 0 Å². The number of aryl methyl sites for hydroxylation is 1. The number of para-hydroxylation sites is 2. The second-order valence-electron chi connectivity index (χ2n) is 7.77. The summed E-state index contributed by atoms with van der Waals surface area (Å²) in [5, 5.41) is 5.49. The number of hydrogen-bond acceptors (Lipinski definition) is 6. The highest BCUT2D eigenvalue weighted by molar-refractivity contribution is 6.00. The highest BCUT2D eigenvalue weighted by atomic mass is 16.6. The summed E-state index contributed by atoms with van der Waals surface area (Å²) < 4.78 is 16.6. The van der Waals surface area contributed by atoms with Gasteiger partial charge in [-0.25, -0.2) is 0 Å². The summed E-state index contributed by atoms with van der Waals surface area (Å²) >= 11 is 0. The van der Waals surface area contributed by atoms with Crippen molar-refractivity contribution in [2.45, 2.75) is 25.6 Å². The van der Waals surface area contributed by atoms with Crippen LogP contribution in [0.15, 0.2) is 72.8 Å². The highest BCUT2D eigenvalue weighted by Gasteiger charge is 2.33. The number of ether oxygens (including phenoxy) is 3. The lowest BCUT2D eigenvalue weighted by Gasteiger charge is -2.26. The van der Waals surface area contributed by atoms with E-state index in [0.29, 0.717) is 28.4 Å². The summed E-state index contributed by atoms with van der Waals surface area (Å²) in [5.74, 6) is -0.824. The number of esters is 1. The molecule has 2 unspecified atom stereocenters. The molecule has 0 saturated heterocycles. The summed E-state index contributed by atoms with van der Waals surface area (Å²) in [7, 11) is 1.50. The van der Waals surface area contributed by atoms with Crippen LogP contribution in [-0.2, 0) is 19.1 Å². The van der Waals surface area contributed by atoms with Gasteiger partial charge in [-0.05, 0) is 36.8 Å². The van der Waals surface area contributed by atoms with Crippen LogP contribution in [0.5, 0.6) is 11.5 Å². The first-order valence-corrected chi connectivity index (χ1v) is 10.7. The van der Waals surface area contributed by atoms with Gasteiger partial charge < -0.3 is 24.8 Å². The lowest BCUT2D eigenvalue weighted by Crippen LogP contribution is -2.39. The third-order valence-corrected chi connectivity index (χ3v) is 5.26. The maximum Gasteiger partial charge on any atom is 0.311 e. The largest absolute Gasteiger partial charge is 0.495 e. The third-order valence-electron chi connectivity index (χ3n) is 5.26. The average Bonchev–Trinajstić information content (AvgIpc) is 2.83. The maximum absolute atomic E-state index is 13.2. The molecule has 2 amide bonds. The van der Waals surface area contributed by atoms with Crippen molar-refractivity contribution >= 4 is 29.2 Å². The van der Waals surface area contributed by atoms with Gasteiger partial charge in [0.1, 0.15) is 11.5 Å². The number of hydrogen-bond donors (Lipinski definition) is 2. The number of fused-ring (bicyclic) bond motifs is 1. The standard InChI is InChI=1S/C26H24N2O6/c1-16-12-13-20(32-2)19(14-16)28-26(31)24(17-8-4-3-5-9-17)34-23(29)15-22-25(30)27-18-10-6-7-11-21(18)33-22/h3-14,22,24H,15H2,1-2H3,(H,27,30)(H,28,31). The van der Waals surface area contributed by atoms with Gasteiger partial charge in [-0.15, -0.1) is 0 Å². The van der Waals surface area contributed by atoms with Crippen molar-refractivity contribution in [3.05, 3.63) is 83.9 Å². The molecular weight excluding hydrogens is 436 g/mol. The van der Waals surface area contributed by atoms with Gasteiger partial charge in [0.05, 0.1) is 24.9 Å². The number of carbonyl (C=O) groups excluding carboxylic acids is 3. The van der Waals surface area contributed by atoms with Crippen LogP contribution in [0.2, 0.25) is 0 Å². The summed E-state index contributed by atoms with van der Waals surface area (Å²) in [6.07, 6.45) is -2.67. The number of benzene rings is 3. The van der Waals surface area contributed by atoms with Crippen molar-refractivity contribution < 1.29 is 28.6 Å². The molecule has 0 radical (unpaired) electrons. The van der Waals surface area contributed by atoms with Gasteiger partial charge in [0.25, 0.3) is 11.8 Å². The molecule has 1 heterocycles. The Hall–Kier alpha value is -4.33. The molecule has 0 spiro atoms. The van der Waals surface area contributed by atoms with E-state index in [4.69, 9.17) is 14.2 Å². The predicted octanol–water partition coefficient (Wildman–Crippen LogP) is 4.02. The Bertz CT molecular complexity index is 1210. The Morgan fingerprint density at radius 2 is 1.79 bits per heavy atom. The molecule has 8 heteroatoms. The van der Waals surface area contributed by atoms with Gasteiger partial charge >= 0.3 is 5.97 Å².